The maximum atomic E-state index is 11.7. The first kappa shape index (κ1) is 9.00. The third-order valence-electron chi connectivity index (χ3n) is 3.34. The first-order valence-corrected chi connectivity index (χ1v) is 5.15. The minimum absolute atomic E-state index is 0.254. The summed E-state index contributed by atoms with van der Waals surface area (Å²) >= 11 is 0. The van der Waals surface area contributed by atoms with Crippen LogP contribution in [-0.4, -0.2) is 35.1 Å². The molecule has 2 aliphatic rings. The van der Waals surface area contributed by atoms with Gasteiger partial charge in [-0.15, -0.1) is 0 Å². The molecule has 1 amide bonds. The summed E-state index contributed by atoms with van der Waals surface area (Å²) < 4.78 is 0. The van der Waals surface area contributed by atoms with Crippen LogP contribution in [0.5, 0.6) is 0 Å². The van der Waals surface area contributed by atoms with Crippen molar-refractivity contribution in [1.29, 1.82) is 0 Å². The molecule has 0 aromatic heterocycles. The predicted molar refractivity (Wildman–Crippen MR) is 49.1 cm³/mol. The zero-order chi connectivity index (χ0) is 9.42. The zero-order valence-corrected chi connectivity index (χ0v) is 8.07. The lowest BCUT2D eigenvalue weighted by Gasteiger charge is -2.28. The minimum atomic E-state index is -0.302. The highest BCUT2D eigenvalue weighted by molar-refractivity contribution is 5.79. The van der Waals surface area contributed by atoms with Crippen molar-refractivity contribution in [3.8, 4) is 0 Å². The van der Waals surface area contributed by atoms with E-state index in [4.69, 9.17) is 0 Å². The Balaban J connectivity index is 1.91. The lowest BCUT2D eigenvalue weighted by molar-refractivity contribution is -0.137. The summed E-state index contributed by atoms with van der Waals surface area (Å²) in [6.45, 7) is 3.30. The number of β-amino-alcohol motifs (C(OH)–C–C–N with tert-alkyl or cyclic N) is 1. The largest absolute Gasteiger partial charge is 0.391 e. The van der Waals surface area contributed by atoms with Gasteiger partial charge in [-0.25, -0.2) is 0 Å². The van der Waals surface area contributed by atoms with Crippen molar-refractivity contribution in [1.82, 2.24) is 4.90 Å². The van der Waals surface area contributed by atoms with Gasteiger partial charge in [-0.2, -0.15) is 0 Å². The molecule has 3 heteroatoms. The van der Waals surface area contributed by atoms with E-state index in [1.807, 2.05) is 11.8 Å². The summed E-state index contributed by atoms with van der Waals surface area (Å²) in [6.07, 6.45) is 3.01. The number of aliphatic hydroxyl groups is 1. The summed E-state index contributed by atoms with van der Waals surface area (Å²) in [7, 11) is 0. The van der Waals surface area contributed by atoms with Gasteiger partial charge in [-0.05, 0) is 12.8 Å². The van der Waals surface area contributed by atoms with Crippen LogP contribution in [0.25, 0.3) is 0 Å². The number of hydrogen-bond donors (Lipinski definition) is 1. The summed E-state index contributed by atoms with van der Waals surface area (Å²) in [5.74, 6) is 0.802. The molecule has 1 saturated carbocycles. The number of amides is 1. The molecule has 3 nitrogen and oxygen atoms in total. The molecule has 0 bridgehead atoms. The van der Waals surface area contributed by atoms with E-state index in [0.717, 1.165) is 19.4 Å². The van der Waals surface area contributed by atoms with Crippen LogP contribution in [0.1, 0.15) is 26.2 Å². The van der Waals surface area contributed by atoms with E-state index in [0.29, 0.717) is 6.54 Å². The molecule has 1 N–H and O–H groups in total. The molecule has 1 heterocycles. The van der Waals surface area contributed by atoms with Crippen LogP contribution in [0.4, 0.5) is 0 Å². The summed E-state index contributed by atoms with van der Waals surface area (Å²) in [5, 5.41) is 9.50. The van der Waals surface area contributed by atoms with Crippen molar-refractivity contribution in [2.45, 2.75) is 32.3 Å². The fraction of sp³-hybridized carbons (Fsp3) is 0.900. The van der Waals surface area contributed by atoms with Crippen molar-refractivity contribution in [3.05, 3.63) is 0 Å². The van der Waals surface area contributed by atoms with E-state index in [1.54, 1.807) is 0 Å². The Bertz CT molecular complexity index is 203. The van der Waals surface area contributed by atoms with Crippen LogP contribution in [0, 0.1) is 11.8 Å². The Hall–Kier alpha value is -0.570. The molecule has 2 atom stereocenters. The quantitative estimate of drug-likeness (QED) is 0.647. The number of carbonyl (C=O) groups excluding carboxylic acids is 1. The van der Waals surface area contributed by atoms with E-state index in [2.05, 4.69) is 0 Å². The molecule has 0 radical (unpaired) electrons. The van der Waals surface area contributed by atoms with Gasteiger partial charge in [0.15, 0.2) is 0 Å². The number of likely N-dealkylation sites (tertiary alicyclic amines) is 1. The molecule has 1 aliphatic carbocycles. The third kappa shape index (κ3) is 1.57. The van der Waals surface area contributed by atoms with Crippen molar-refractivity contribution in [2.75, 3.05) is 13.1 Å². The number of nitrogens with zero attached hydrogens (tertiary/aromatic N) is 1. The minimum Gasteiger partial charge on any atom is -0.391 e. The van der Waals surface area contributed by atoms with Gasteiger partial charge in [-0.3, -0.25) is 4.79 Å². The summed E-state index contributed by atoms with van der Waals surface area (Å²) in [5.41, 5.74) is 0. The van der Waals surface area contributed by atoms with Gasteiger partial charge in [0.1, 0.15) is 0 Å². The average Bonchev–Trinajstić information content (AvgIpc) is 2.28. The van der Waals surface area contributed by atoms with E-state index >= 15 is 0 Å². The molecule has 0 aromatic rings. The van der Waals surface area contributed by atoms with Gasteiger partial charge in [0, 0.05) is 24.9 Å². The molecule has 2 rings (SSSR count). The Kier molecular flexibility index (Phi) is 2.28. The topological polar surface area (TPSA) is 40.5 Å². The lowest BCUT2D eigenvalue weighted by atomic mass is 9.84. The van der Waals surface area contributed by atoms with Gasteiger partial charge in [0.2, 0.25) is 5.91 Å². The highest BCUT2D eigenvalue weighted by Crippen LogP contribution is 2.30. The smallest absolute Gasteiger partial charge is 0.225 e. The van der Waals surface area contributed by atoms with Crippen molar-refractivity contribution in [3.63, 3.8) is 0 Å². The Morgan fingerprint density at radius 3 is 2.46 bits per heavy atom. The van der Waals surface area contributed by atoms with E-state index in [1.165, 1.54) is 6.42 Å². The molecule has 2 unspecified atom stereocenters. The third-order valence-corrected chi connectivity index (χ3v) is 3.34. The van der Waals surface area contributed by atoms with Gasteiger partial charge in [-0.1, -0.05) is 13.3 Å². The van der Waals surface area contributed by atoms with Crippen LogP contribution in [-0.2, 0) is 4.79 Å². The Morgan fingerprint density at radius 1 is 1.38 bits per heavy atom. The van der Waals surface area contributed by atoms with Gasteiger partial charge < -0.3 is 10.0 Å². The number of aliphatic hydroxyl groups excluding tert-OH is 1. The molecule has 13 heavy (non-hydrogen) atoms. The second kappa shape index (κ2) is 3.29. The van der Waals surface area contributed by atoms with Crippen LogP contribution in [0.3, 0.4) is 0 Å². The standard InChI is InChI=1S/C10H17NO2/c1-7-5-11(6-9(7)12)10(13)8-3-2-4-8/h7-9,12H,2-6H2,1H3. The zero-order valence-electron chi connectivity index (χ0n) is 8.07. The van der Waals surface area contributed by atoms with E-state index < -0.39 is 0 Å². The van der Waals surface area contributed by atoms with Crippen LogP contribution in [0.15, 0.2) is 0 Å². The first-order chi connectivity index (χ1) is 6.18. The van der Waals surface area contributed by atoms with Crippen molar-refractivity contribution < 1.29 is 9.90 Å². The van der Waals surface area contributed by atoms with E-state index in [9.17, 15) is 9.90 Å². The van der Waals surface area contributed by atoms with Gasteiger partial charge >= 0.3 is 0 Å². The molecule has 0 aromatic carbocycles. The Labute approximate surface area is 78.7 Å². The van der Waals surface area contributed by atoms with Crippen LogP contribution >= 0.6 is 0 Å². The molecule has 2 fully saturated rings. The SMILES string of the molecule is CC1CN(C(=O)C2CCC2)CC1O. The van der Waals surface area contributed by atoms with Crippen LogP contribution < -0.4 is 0 Å². The van der Waals surface area contributed by atoms with Gasteiger partial charge in [0.25, 0.3) is 0 Å². The molecule has 0 spiro atoms. The maximum absolute atomic E-state index is 11.7. The Morgan fingerprint density at radius 2 is 2.08 bits per heavy atom. The van der Waals surface area contributed by atoms with E-state index in [-0.39, 0.29) is 23.8 Å². The maximum Gasteiger partial charge on any atom is 0.225 e. The van der Waals surface area contributed by atoms with Crippen LogP contribution in [0.2, 0.25) is 0 Å². The number of hydrogen-bond acceptors (Lipinski definition) is 2. The van der Waals surface area contributed by atoms with Crippen molar-refractivity contribution >= 4 is 5.91 Å². The lowest BCUT2D eigenvalue weighted by Crippen LogP contribution is -2.37. The summed E-state index contributed by atoms with van der Waals surface area (Å²) in [4.78, 5) is 13.6. The molecular formula is C10H17NO2. The number of rotatable bonds is 1. The van der Waals surface area contributed by atoms with Gasteiger partial charge in [0.05, 0.1) is 6.10 Å². The summed E-state index contributed by atoms with van der Waals surface area (Å²) in [6, 6.07) is 0. The average molecular weight is 183 g/mol. The first-order valence-electron chi connectivity index (χ1n) is 5.15. The second-order valence-electron chi connectivity index (χ2n) is 4.42. The molecule has 1 saturated heterocycles. The predicted octanol–water partition coefficient (Wildman–Crippen LogP) is 0.626. The fourth-order valence-electron chi connectivity index (χ4n) is 2.04. The monoisotopic (exact) mass is 183 g/mol. The molecule has 1 aliphatic heterocycles. The normalized spacial score (nSPS) is 34.8. The second-order valence-corrected chi connectivity index (χ2v) is 4.42. The highest BCUT2D eigenvalue weighted by Gasteiger charge is 2.36. The number of carbonyl (C=O) groups is 1. The molecular weight excluding hydrogens is 166 g/mol. The molecule has 74 valence electrons. The fourth-order valence-corrected chi connectivity index (χ4v) is 2.04. The highest BCUT2D eigenvalue weighted by atomic mass is 16.3. The van der Waals surface area contributed by atoms with Crippen molar-refractivity contribution in [2.24, 2.45) is 11.8 Å².